The molecule has 20 heavy (non-hydrogen) atoms. The van der Waals surface area contributed by atoms with E-state index in [1.807, 2.05) is 12.1 Å². The number of furan rings is 1. The Kier molecular flexibility index (Phi) is 5.24. The van der Waals surface area contributed by atoms with Gasteiger partial charge >= 0.3 is 0 Å². The van der Waals surface area contributed by atoms with Crippen molar-refractivity contribution in [1.29, 1.82) is 0 Å². The highest BCUT2D eigenvalue weighted by atomic mass is 16.3. The van der Waals surface area contributed by atoms with Gasteiger partial charge in [0, 0.05) is 18.3 Å². The minimum atomic E-state index is 0.349. The van der Waals surface area contributed by atoms with Crippen molar-refractivity contribution in [2.75, 3.05) is 18.0 Å². The van der Waals surface area contributed by atoms with Crippen LogP contribution in [0.4, 0.5) is 5.69 Å². The Morgan fingerprint density at radius 3 is 2.60 bits per heavy atom. The quantitative estimate of drug-likeness (QED) is 0.826. The summed E-state index contributed by atoms with van der Waals surface area (Å²) in [6.07, 6.45) is 1.73. The van der Waals surface area contributed by atoms with E-state index in [1.54, 1.807) is 6.26 Å². The predicted molar refractivity (Wildman–Crippen MR) is 84.0 cm³/mol. The molecule has 0 saturated heterocycles. The number of nitrogens with one attached hydrogen (secondary N) is 1. The van der Waals surface area contributed by atoms with Crippen LogP contribution in [0, 0.1) is 0 Å². The molecule has 0 saturated carbocycles. The lowest BCUT2D eigenvalue weighted by Crippen LogP contribution is -2.26. The second-order valence-corrected chi connectivity index (χ2v) is 4.93. The van der Waals surface area contributed by atoms with E-state index in [1.165, 1.54) is 11.3 Å². The summed E-state index contributed by atoms with van der Waals surface area (Å²) in [5.41, 5.74) is 2.61. The van der Waals surface area contributed by atoms with Crippen molar-refractivity contribution < 1.29 is 4.42 Å². The van der Waals surface area contributed by atoms with Gasteiger partial charge in [-0.15, -0.1) is 0 Å². The summed E-state index contributed by atoms with van der Waals surface area (Å²) in [5.74, 6) is 0.998. The zero-order valence-electron chi connectivity index (χ0n) is 12.6. The maximum atomic E-state index is 5.48. The highest BCUT2D eigenvalue weighted by Crippen LogP contribution is 2.27. The molecule has 2 aromatic rings. The van der Waals surface area contributed by atoms with Crippen molar-refractivity contribution >= 4 is 5.69 Å². The molecule has 0 aliphatic carbocycles. The number of hydrogen-bond acceptors (Lipinski definition) is 3. The third-order valence-corrected chi connectivity index (χ3v) is 3.56. The summed E-state index contributed by atoms with van der Waals surface area (Å²) >= 11 is 0. The molecule has 0 aliphatic heterocycles. The molecule has 1 atom stereocenters. The smallest absolute Gasteiger partial charge is 0.123 e. The van der Waals surface area contributed by atoms with Gasteiger partial charge in [-0.2, -0.15) is 0 Å². The Labute approximate surface area is 121 Å². The summed E-state index contributed by atoms with van der Waals surface area (Å²) in [6.45, 7) is 9.26. The molecule has 0 aliphatic rings. The van der Waals surface area contributed by atoms with E-state index < -0.39 is 0 Å². The lowest BCUT2D eigenvalue weighted by molar-refractivity contribution is 0.502. The molecule has 1 aromatic carbocycles. The third-order valence-electron chi connectivity index (χ3n) is 3.56. The van der Waals surface area contributed by atoms with Crippen LogP contribution in [0.2, 0.25) is 0 Å². The van der Waals surface area contributed by atoms with Gasteiger partial charge in [-0.3, -0.25) is 0 Å². The van der Waals surface area contributed by atoms with Crippen LogP contribution < -0.4 is 10.2 Å². The molecular formula is C17H24N2O. The largest absolute Gasteiger partial charge is 0.467 e. The Bertz CT molecular complexity index is 507. The molecule has 0 fully saturated rings. The molecule has 0 radical (unpaired) electrons. The maximum absolute atomic E-state index is 5.48. The summed E-state index contributed by atoms with van der Waals surface area (Å²) in [6, 6.07) is 12.9. The number of anilines is 1. The SMILES string of the molecule is CCNC(C)c1ccccc1N(CC)Cc1ccco1. The average molecular weight is 272 g/mol. The molecule has 1 heterocycles. The fourth-order valence-electron chi connectivity index (χ4n) is 2.52. The summed E-state index contributed by atoms with van der Waals surface area (Å²) in [5, 5.41) is 3.49. The standard InChI is InChI=1S/C17H24N2O/c1-4-18-14(3)16-10-6-7-11-17(16)19(5-2)13-15-9-8-12-20-15/h6-12,14,18H,4-5,13H2,1-3H3. The Hall–Kier alpha value is -1.74. The first kappa shape index (κ1) is 14.7. The van der Waals surface area contributed by atoms with Gasteiger partial charge in [0.25, 0.3) is 0 Å². The molecule has 3 heteroatoms. The second kappa shape index (κ2) is 7.15. The Morgan fingerprint density at radius 1 is 1.15 bits per heavy atom. The van der Waals surface area contributed by atoms with E-state index in [4.69, 9.17) is 4.42 Å². The lowest BCUT2D eigenvalue weighted by Gasteiger charge is -2.27. The molecule has 1 aromatic heterocycles. The van der Waals surface area contributed by atoms with Crippen LogP contribution in [0.5, 0.6) is 0 Å². The molecule has 0 bridgehead atoms. The number of rotatable bonds is 7. The topological polar surface area (TPSA) is 28.4 Å². The summed E-state index contributed by atoms with van der Waals surface area (Å²) < 4.78 is 5.48. The highest BCUT2D eigenvalue weighted by Gasteiger charge is 2.14. The summed E-state index contributed by atoms with van der Waals surface area (Å²) in [4.78, 5) is 2.35. The number of benzene rings is 1. The van der Waals surface area contributed by atoms with E-state index in [0.29, 0.717) is 6.04 Å². The molecule has 1 unspecified atom stereocenters. The predicted octanol–water partition coefficient (Wildman–Crippen LogP) is 3.98. The van der Waals surface area contributed by atoms with Gasteiger partial charge in [-0.05, 0) is 44.2 Å². The van der Waals surface area contributed by atoms with Crippen LogP contribution in [0.3, 0.4) is 0 Å². The molecule has 2 rings (SSSR count). The first-order valence-corrected chi connectivity index (χ1v) is 7.35. The van der Waals surface area contributed by atoms with Gasteiger partial charge in [-0.25, -0.2) is 0 Å². The van der Waals surface area contributed by atoms with Gasteiger partial charge in [-0.1, -0.05) is 25.1 Å². The van der Waals surface area contributed by atoms with Crippen LogP contribution in [-0.4, -0.2) is 13.1 Å². The van der Waals surface area contributed by atoms with E-state index in [-0.39, 0.29) is 0 Å². The van der Waals surface area contributed by atoms with Crippen molar-refractivity contribution in [3.63, 3.8) is 0 Å². The minimum Gasteiger partial charge on any atom is -0.467 e. The Morgan fingerprint density at radius 2 is 1.95 bits per heavy atom. The van der Waals surface area contributed by atoms with Crippen molar-refractivity contribution in [3.05, 3.63) is 54.0 Å². The van der Waals surface area contributed by atoms with Gasteiger partial charge < -0.3 is 14.6 Å². The number of para-hydroxylation sites is 1. The maximum Gasteiger partial charge on any atom is 0.123 e. The normalized spacial score (nSPS) is 12.3. The van der Waals surface area contributed by atoms with Crippen LogP contribution in [0.25, 0.3) is 0 Å². The monoisotopic (exact) mass is 272 g/mol. The minimum absolute atomic E-state index is 0.349. The van der Waals surface area contributed by atoms with Crippen molar-refractivity contribution in [3.8, 4) is 0 Å². The van der Waals surface area contributed by atoms with Crippen LogP contribution in [-0.2, 0) is 6.54 Å². The number of hydrogen-bond donors (Lipinski definition) is 1. The van der Waals surface area contributed by atoms with Crippen molar-refractivity contribution in [2.24, 2.45) is 0 Å². The van der Waals surface area contributed by atoms with E-state index in [0.717, 1.165) is 25.4 Å². The van der Waals surface area contributed by atoms with Gasteiger partial charge in [0.15, 0.2) is 0 Å². The van der Waals surface area contributed by atoms with Gasteiger partial charge in [0.1, 0.15) is 5.76 Å². The lowest BCUT2D eigenvalue weighted by atomic mass is 10.0. The highest BCUT2D eigenvalue weighted by molar-refractivity contribution is 5.55. The van der Waals surface area contributed by atoms with E-state index in [2.05, 4.69) is 55.3 Å². The zero-order valence-corrected chi connectivity index (χ0v) is 12.6. The van der Waals surface area contributed by atoms with E-state index in [9.17, 15) is 0 Å². The molecule has 3 nitrogen and oxygen atoms in total. The first-order chi connectivity index (χ1) is 9.76. The molecule has 108 valence electrons. The molecular weight excluding hydrogens is 248 g/mol. The Balaban J connectivity index is 2.24. The zero-order chi connectivity index (χ0) is 14.4. The fourth-order valence-corrected chi connectivity index (χ4v) is 2.52. The van der Waals surface area contributed by atoms with E-state index >= 15 is 0 Å². The van der Waals surface area contributed by atoms with Crippen LogP contribution >= 0.6 is 0 Å². The van der Waals surface area contributed by atoms with Crippen LogP contribution in [0.15, 0.2) is 47.1 Å². The first-order valence-electron chi connectivity index (χ1n) is 7.35. The molecule has 0 spiro atoms. The average Bonchev–Trinajstić information content (AvgIpc) is 2.98. The third kappa shape index (κ3) is 3.42. The number of nitrogens with zero attached hydrogens (tertiary/aromatic N) is 1. The molecule has 1 N–H and O–H groups in total. The van der Waals surface area contributed by atoms with Crippen molar-refractivity contribution in [1.82, 2.24) is 5.32 Å². The van der Waals surface area contributed by atoms with Gasteiger partial charge in [0.05, 0.1) is 12.8 Å². The van der Waals surface area contributed by atoms with Crippen LogP contribution in [0.1, 0.15) is 38.1 Å². The molecule has 0 amide bonds. The summed E-state index contributed by atoms with van der Waals surface area (Å²) in [7, 11) is 0. The second-order valence-electron chi connectivity index (χ2n) is 4.93. The van der Waals surface area contributed by atoms with Gasteiger partial charge in [0.2, 0.25) is 0 Å². The van der Waals surface area contributed by atoms with Crippen molar-refractivity contribution in [2.45, 2.75) is 33.4 Å². The fraction of sp³-hybridized carbons (Fsp3) is 0.412.